The Balaban J connectivity index is 1.73. The molecule has 0 aliphatic heterocycles. The van der Waals surface area contributed by atoms with Crippen LogP contribution in [0.4, 0.5) is 0 Å². The predicted molar refractivity (Wildman–Crippen MR) is 156 cm³/mol. The first-order chi connectivity index (χ1) is 19.4. The summed E-state index contributed by atoms with van der Waals surface area (Å²) in [6.07, 6.45) is 1.48. The topological polar surface area (TPSA) is 51.2 Å². The molecule has 192 valence electrons. The van der Waals surface area contributed by atoms with Crippen LogP contribution in [-0.2, 0) is 25.2 Å². The number of allylic oxidation sites excluding steroid dienone is 2. The zero-order valence-corrected chi connectivity index (χ0v) is 22.3. The third kappa shape index (κ3) is 2.26. The van der Waals surface area contributed by atoms with Gasteiger partial charge in [0.25, 0.3) is 0 Å². The van der Waals surface area contributed by atoms with Gasteiger partial charge in [-0.3, -0.25) is 14.4 Å². The van der Waals surface area contributed by atoms with Gasteiger partial charge in [-0.2, -0.15) is 0 Å². The quantitative estimate of drug-likeness (QED) is 0.239. The molecule has 0 saturated heterocycles. The maximum atomic E-state index is 15.8. The van der Waals surface area contributed by atoms with Crippen LogP contribution in [0.1, 0.15) is 36.1 Å². The van der Waals surface area contributed by atoms with Crippen LogP contribution in [0.2, 0.25) is 0 Å². The molecule has 0 radical (unpaired) electrons. The summed E-state index contributed by atoms with van der Waals surface area (Å²) >= 11 is 0. The second-order valence-corrected chi connectivity index (χ2v) is 11.7. The highest BCUT2D eigenvalue weighted by Gasteiger charge is 2.84. The molecule has 2 bridgehead atoms. The zero-order valence-electron chi connectivity index (χ0n) is 22.3. The number of benzene rings is 5. The van der Waals surface area contributed by atoms with E-state index in [4.69, 9.17) is 0 Å². The van der Waals surface area contributed by atoms with E-state index in [9.17, 15) is 9.59 Å². The normalized spacial score (nSPS) is 28.6. The number of rotatable bonds is 2. The molecule has 5 aromatic rings. The molecular weight excluding hydrogens is 492 g/mol. The van der Waals surface area contributed by atoms with Gasteiger partial charge in [0.2, 0.25) is 0 Å². The lowest BCUT2D eigenvalue weighted by Crippen LogP contribution is -2.57. The van der Waals surface area contributed by atoms with E-state index < -0.39 is 22.2 Å². The minimum absolute atomic E-state index is 0.0776. The van der Waals surface area contributed by atoms with Gasteiger partial charge in [0, 0.05) is 0 Å². The van der Waals surface area contributed by atoms with Gasteiger partial charge in [-0.25, -0.2) is 0 Å². The summed E-state index contributed by atoms with van der Waals surface area (Å²) < 4.78 is 0. The summed E-state index contributed by atoms with van der Waals surface area (Å²) in [4.78, 5) is 44.7. The summed E-state index contributed by atoms with van der Waals surface area (Å²) in [5, 5.41) is 3.99. The van der Waals surface area contributed by atoms with Crippen LogP contribution in [0.3, 0.4) is 0 Å². The fraction of sp³-hybridized carbons (Fsp3) is 0.162. The second kappa shape index (κ2) is 7.51. The van der Waals surface area contributed by atoms with E-state index in [-0.39, 0.29) is 17.3 Å². The van der Waals surface area contributed by atoms with Crippen molar-refractivity contribution in [2.45, 2.75) is 24.7 Å². The molecule has 1 saturated carbocycles. The van der Waals surface area contributed by atoms with Gasteiger partial charge in [-0.1, -0.05) is 109 Å². The van der Waals surface area contributed by atoms with Crippen LogP contribution in [0.25, 0.3) is 21.5 Å². The average Bonchev–Trinajstić information content (AvgIpc) is 3.35. The third-order valence-corrected chi connectivity index (χ3v) is 10.1. The molecule has 0 unspecified atom stereocenters. The van der Waals surface area contributed by atoms with Gasteiger partial charge >= 0.3 is 0 Å². The van der Waals surface area contributed by atoms with Crippen molar-refractivity contribution in [3.63, 3.8) is 0 Å². The van der Waals surface area contributed by atoms with Gasteiger partial charge < -0.3 is 0 Å². The number of Topliss-reactive ketones (excluding diaryl/α,β-unsaturated/α-hetero) is 2. The van der Waals surface area contributed by atoms with Gasteiger partial charge in [-0.15, -0.1) is 0 Å². The molecule has 0 N–H and O–H groups in total. The van der Waals surface area contributed by atoms with Crippen molar-refractivity contribution in [3.05, 3.63) is 143 Å². The molecule has 0 amide bonds. The molecule has 0 spiro atoms. The van der Waals surface area contributed by atoms with Crippen molar-refractivity contribution in [3.8, 4) is 0 Å². The lowest BCUT2D eigenvalue weighted by atomic mass is 9.47. The fourth-order valence-electron chi connectivity index (χ4n) is 8.86. The molecule has 4 atom stereocenters. The molecule has 3 heteroatoms. The molecule has 8 rings (SSSR count). The minimum atomic E-state index is -1.35. The lowest BCUT2D eigenvalue weighted by Gasteiger charge is -2.50. The number of carbonyl (C=O) groups is 3. The highest BCUT2D eigenvalue weighted by atomic mass is 16.2. The highest BCUT2D eigenvalue weighted by Crippen LogP contribution is 2.76. The van der Waals surface area contributed by atoms with Crippen LogP contribution in [0.15, 0.2) is 121 Å². The molecule has 1 fully saturated rings. The molecule has 0 aromatic heterocycles. The van der Waals surface area contributed by atoms with Gasteiger partial charge in [0.05, 0.1) is 22.2 Å². The monoisotopic (exact) mass is 518 g/mol. The van der Waals surface area contributed by atoms with E-state index in [2.05, 4.69) is 24.3 Å². The molecule has 5 aromatic carbocycles. The van der Waals surface area contributed by atoms with Crippen LogP contribution in [0.5, 0.6) is 0 Å². The summed E-state index contributed by atoms with van der Waals surface area (Å²) in [6.45, 7) is 3.60. The van der Waals surface area contributed by atoms with Crippen molar-refractivity contribution in [2.24, 2.45) is 11.3 Å². The Morgan fingerprint density at radius 2 is 1.05 bits per heavy atom. The maximum Gasteiger partial charge on any atom is 0.167 e. The first kappa shape index (κ1) is 23.3. The molecule has 0 heterocycles. The van der Waals surface area contributed by atoms with E-state index in [1.807, 2.05) is 91.9 Å². The van der Waals surface area contributed by atoms with Crippen LogP contribution in [0, 0.1) is 11.3 Å². The number of hydrogen-bond donors (Lipinski definition) is 0. The lowest BCUT2D eigenvalue weighted by molar-refractivity contribution is -0.139. The van der Waals surface area contributed by atoms with Crippen LogP contribution >= 0.6 is 0 Å². The van der Waals surface area contributed by atoms with Crippen LogP contribution in [-0.4, -0.2) is 17.3 Å². The SMILES string of the molecule is CC1=CC(=O)[C@@H]2[C@@]3(c4ccccc4)C(=O)[C@](c4ccccc4)(c4c3c3ccccc3c3ccccc43)[C@]2(C)C1=O. The highest BCUT2D eigenvalue weighted by molar-refractivity contribution is 6.31. The Kier molecular flexibility index (Phi) is 4.37. The number of ketones is 3. The molecule has 3 nitrogen and oxygen atoms in total. The standard InChI is InChI=1S/C37H26O3/c1-22-21-29(38)32-35(2,33(22)39)37(24-15-7-4-8-16-24)31-28-20-12-10-18-26(28)25-17-9-11-19-27(25)30(31)36(32,34(37)40)23-13-5-3-6-14-23/h3-21,32H,1-2H3/t32-,35-,36-,37-/m0/s1. The zero-order chi connectivity index (χ0) is 27.4. The fourth-order valence-corrected chi connectivity index (χ4v) is 8.86. The Labute approximate surface area is 232 Å². The number of hydrogen-bond acceptors (Lipinski definition) is 3. The second-order valence-electron chi connectivity index (χ2n) is 11.7. The third-order valence-electron chi connectivity index (χ3n) is 10.1. The Bertz CT molecular complexity index is 1990. The first-order valence-electron chi connectivity index (χ1n) is 13.8. The van der Waals surface area contributed by atoms with Gasteiger partial charge in [0.15, 0.2) is 17.3 Å². The van der Waals surface area contributed by atoms with E-state index >= 15 is 4.79 Å². The van der Waals surface area contributed by atoms with E-state index in [0.717, 1.165) is 43.8 Å². The maximum absolute atomic E-state index is 15.8. The Morgan fingerprint density at radius 3 is 1.62 bits per heavy atom. The first-order valence-corrected chi connectivity index (χ1v) is 13.8. The summed E-state index contributed by atoms with van der Waals surface area (Å²) in [5.74, 6) is -1.23. The Hall–Kier alpha value is -4.63. The smallest absolute Gasteiger partial charge is 0.167 e. The summed E-state index contributed by atoms with van der Waals surface area (Å²) in [6, 6.07) is 35.8. The Morgan fingerprint density at radius 1 is 0.575 bits per heavy atom. The molecule has 3 aliphatic rings. The summed E-state index contributed by atoms with van der Waals surface area (Å²) in [7, 11) is 0. The summed E-state index contributed by atoms with van der Waals surface area (Å²) in [5.41, 5.74) is -0.299. The number of fused-ring (bicyclic) bond motifs is 13. The van der Waals surface area contributed by atoms with Crippen molar-refractivity contribution >= 4 is 38.9 Å². The van der Waals surface area contributed by atoms with E-state index in [1.165, 1.54) is 6.08 Å². The van der Waals surface area contributed by atoms with Crippen LogP contribution < -0.4 is 0 Å². The van der Waals surface area contributed by atoms with E-state index in [0.29, 0.717) is 5.57 Å². The van der Waals surface area contributed by atoms with Crippen molar-refractivity contribution in [1.29, 1.82) is 0 Å². The average molecular weight is 519 g/mol. The molecule has 3 aliphatic carbocycles. The number of carbonyl (C=O) groups excluding carboxylic acids is 3. The molecule has 40 heavy (non-hydrogen) atoms. The predicted octanol–water partition coefficient (Wildman–Crippen LogP) is 6.88. The van der Waals surface area contributed by atoms with Gasteiger partial charge in [0.1, 0.15) is 0 Å². The van der Waals surface area contributed by atoms with Crippen molar-refractivity contribution in [1.82, 2.24) is 0 Å². The van der Waals surface area contributed by atoms with E-state index in [1.54, 1.807) is 6.92 Å². The molecular formula is C37H26O3. The van der Waals surface area contributed by atoms with Crippen molar-refractivity contribution < 1.29 is 14.4 Å². The largest absolute Gasteiger partial charge is 0.297 e. The minimum Gasteiger partial charge on any atom is -0.297 e. The van der Waals surface area contributed by atoms with Gasteiger partial charge in [-0.05, 0) is 69.3 Å². The van der Waals surface area contributed by atoms with Crippen molar-refractivity contribution in [2.75, 3.05) is 0 Å².